The number of rotatable bonds is 6. The molecular weight excluding hydrogens is 474 g/mol. The number of pyridine rings is 1. The molecule has 0 aliphatic heterocycles. The molecule has 11 heteroatoms. The topological polar surface area (TPSA) is 122 Å². The first kappa shape index (κ1) is 21.9. The minimum atomic E-state index is 0.274. The number of fused-ring (bicyclic) bond motifs is 2. The number of hydrogen-bond donors (Lipinski definition) is 1. The summed E-state index contributed by atoms with van der Waals surface area (Å²) in [7, 11) is 1.51. The molecule has 0 aliphatic rings. The van der Waals surface area contributed by atoms with Gasteiger partial charge in [-0.25, -0.2) is 15.0 Å². The number of nitrogens with one attached hydrogen (secondary N) is 1. The molecule has 168 valence electrons. The molecule has 1 aromatic carbocycles. The smallest absolute Gasteiger partial charge is 0.234 e. The number of halogens is 1. The van der Waals surface area contributed by atoms with E-state index in [0.29, 0.717) is 55.9 Å². The first-order chi connectivity index (χ1) is 16.6. The highest BCUT2D eigenvalue weighted by molar-refractivity contribution is 7.99. The van der Waals surface area contributed by atoms with Crippen LogP contribution in [0, 0.1) is 11.3 Å². The highest BCUT2D eigenvalue weighted by atomic mass is 35.5. The molecule has 0 saturated carbocycles. The van der Waals surface area contributed by atoms with Crippen LogP contribution in [-0.2, 0) is 6.42 Å². The van der Waals surface area contributed by atoms with Gasteiger partial charge in [0.05, 0.1) is 17.7 Å². The van der Waals surface area contributed by atoms with Gasteiger partial charge < -0.3 is 14.5 Å². The Balaban J connectivity index is 1.58. The summed E-state index contributed by atoms with van der Waals surface area (Å²) in [5, 5.41) is 10.9. The number of aryl methyl sites for hydroxylation is 1. The molecule has 0 amide bonds. The Morgan fingerprint density at radius 3 is 2.79 bits per heavy atom. The normalized spacial score (nSPS) is 11.0. The lowest BCUT2D eigenvalue weighted by atomic mass is 10.2. The highest BCUT2D eigenvalue weighted by Gasteiger charge is 2.19. The lowest BCUT2D eigenvalue weighted by molar-refractivity contribution is 0.410. The third-order valence-corrected chi connectivity index (χ3v) is 6.22. The van der Waals surface area contributed by atoms with Crippen molar-refractivity contribution in [3.8, 4) is 23.4 Å². The standard InChI is InChI=1S/C23H16ClN7O2S/c1-3-15-19(24)18-21(29-15)30-23(34-14-9-16-20(28-11-14)27-7-6-26-16)31-22(18)33-13-4-5-17(32-2)12(8-13)10-25/h4-9,11H,3H2,1-2H3,(H,29,30,31). The predicted octanol–water partition coefficient (Wildman–Crippen LogP) is 5.34. The van der Waals surface area contributed by atoms with Crippen LogP contribution < -0.4 is 9.47 Å². The average molecular weight is 490 g/mol. The van der Waals surface area contributed by atoms with Gasteiger partial charge in [-0.15, -0.1) is 0 Å². The van der Waals surface area contributed by atoms with Crippen molar-refractivity contribution >= 4 is 45.6 Å². The van der Waals surface area contributed by atoms with Crippen LogP contribution in [0.2, 0.25) is 5.02 Å². The molecule has 1 N–H and O–H groups in total. The van der Waals surface area contributed by atoms with Gasteiger partial charge in [0.15, 0.2) is 10.8 Å². The molecule has 0 unspecified atom stereocenters. The Morgan fingerprint density at radius 2 is 2.00 bits per heavy atom. The second-order valence-electron chi connectivity index (χ2n) is 7.05. The zero-order valence-corrected chi connectivity index (χ0v) is 19.6. The van der Waals surface area contributed by atoms with Crippen molar-refractivity contribution < 1.29 is 9.47 Å². The van der Waals surface area contributed by atoms with Gasteiger partial charge in [-0.05, 0) is 36.4 Å². The molecule has 0 atom stereocenters. The second kappa shape index (κ2) is 9.13. The fourth-order valence-corrected chi connectivity index (χ4v) is 4.47. The number of H-pyrrole nitrogens is 1. The summed E-state index contributed by atoms with van der Waals surface area (Å²) in [5.74, 6) is 1.15. The molecule has 0 fully saturated rings. The number of nitriles is 1. The first-order valence-electron chi connectivity index (χ1n) is 10.2. The highest BCUT2D eigenvalue weighted by Crippen LogP contribution is 2.38. The van der Waals surface area contributed by atoms with Crippen LogP contribution in [0.15, 0.2) is 52.9 Å². The van der Waals surface area contributed by atoms with E-state index < -0.39 is 0 Å². The van der Waals surface area contributed by atoms with E-state index in [1.807, 2.05) is 13.0 Å². The van der Waals surface area contributed by atoms with Gasteiger partial charge in [-0.1, -0.05) is 18.5 Å². The Hall–Kier alpha value is -3.94. The zero-order valence-electron chi connectivity index (χ0n) is 18.0. The van der Waals surface area contributed by atoms with Crippen LogP contribution in [-0.4, -0.2) is 37.0 Å². The van der Waals surface area contributed by atoms with Gasteiger partial charge in [0.1, 0.15) is 34.1 Å². The van der Waals surface area contributed by atoms with Crippen molar-refractivity contribution in [1.82, 2.24) is 29.9 Å². The lowest BCUT2D eigenvalue weighted by Gasteiger charge is -2.10. The predicted molar refractivity (Wildman–Crippen MR) is 128 cm³/mol. The fourth-order valence-electron chi connectivity index (χ4n) is 3.37. The van der Waals surface area contributed by atoms with E-state index >= 15 is 0 Å². The van der Waals surface area contributed by atoms with E-state index in [9.17, 15) is 5.26 Å². The summed E-state index contributed by atoms with van der Waals surface area (Å²) < 4.78 is 11.3. The monoisotopic (exact) mass is 489 g/mol. The SMILES string of the molecule is CCc1[nH]c2nc(Sc3cnc4nccnc4c3)nc(Oc3ccc(OC)c(C#N)c3)c2c1Cl. The van der Waals surface area contributed by atoms with Crippen molar-refractivity contribution in [2.75, 3.05) is 7.11 Å². The number of aromatic nitrogens is 6. The van der Waals surface area contributed by atoms with Crippen LogP contribution in [0.3, 0.4) is 0 Å². The maximum atomic E-state index is 9.42. The summed E-state index contributed by atoms with van der Waals surface area (Å²) in [4.78, 5) is 26.1. The van der Waals surface area contributed by atoms with E-state index in [1.54, 1.807) is 36.8 Å². The maximum Gasteiger partial charge on any atom is 0.234 e. The van der Waals surface area contributed by atoms with Gasteiger partial charge in [0, 0.05) is 35.2 Å². The number of methoxy groups -OCH3 is 1. The van der Waals surface area contributed by atoms with Crippen molar-refractivity contribution in [1.29, 1.82) is 5.26 Å². The number of aromatic amines is 1. The van der Waals surface area contributed by atoms with E-state index in [4.69, 9.17) is 21.1 Å². The Kier molecular flexibility index (Phi) is 5.88. The van der Waals surface area contributed by atoms with Crippen molar-refractivity contribution in [3.05, 3.63) is 59.1 Å². The number of benzene rings is 1. The van der Waals surface area contributed by atoms with Crippen LogP contribution in [0.4, 0.5) is 0 Å². The molecule has 0 bridgehead atoms. The summed E-state index contributed by atoms with van der Waals surface area (Å²) >= 11 is 7.93. The minimum Gasteiger partial charge on any atom is -0.495 e. The Morgan fingerprint density at radius 1 is 1.15 bits per heavy atom. The molecule has 4 heterocycles. The number of hydrogen-bond acceptors (Lipinski definition) is 9. The zero-order chi connectivity index (χ0) is 23.7. The molecule has 0 radical (unpaired) electrons. The number of nitrogens with zero attached hydrogens (tertiary/aromatic N) is 6. The van der Waals surface area contributed by atoms with Gasteiger partial charge in [-0.3, -0.25) is 4.98 Å². The van der Waals surface area contributed by atoms with Crippen molar-refractivity contribution in [2.24, 2.45) is 0 Å². The quantitative estimate of drug-likeness (QED) is 0.315. The van der Waals surface area contributed by atoms with Gasteiger partial charge in [0.2, 0.25) is 5.88 Å². The largest absolute Gasteiger partial charge is 0.495 e. The summed E-state index contributed by atoms with van der Waals surface area (Å²) in [5.41, 5.74) is 2.95. The maximum absolute atomic E-state index is 9.42. The molecule has 0 aliphatic carbocycles. The van der Waals surface area contributed by atoms with Gasteiger partial charge in [-0.2, -0.15) is 10.2 Å². The van der Waals surface area contributed by atoms with E-state index in [0.717, 1.165) is 10.6 Å². The first-order valence-corrected chi connectivity index (χ1v) is 11.4. The Labute approximate surface area is 203 Å². The molecule has 0 spiro atoms. The van der Waals surface area contributed by atoms with Crippen LogP contribution in [0.25, 0.3) is 22.2 Å². The van der Waals surface area contributed by atoms with Crippen molar-refractivity contribution in [3.63, 3.8) is 0 Å². The Bertz CT molecular complexity index is 1580. The molecule has 9 nitrogen and oxygen atoms in total. The minimum absolute atomic E-state index is 0.274. The fraction of sp³-hybridized carbons (Fsp3) is 0.130. The average Bonchev–Trinajstić information content (AvgIpc) is 3.19. The van der Waals surface area contributed by atoms with Gasteiger partial charge >= 0.3 is 0 Å². The lowest BCUT2D eigenvalue weighted by Crippen LogP contribution is -1.96. The molecule has 4 aromatic heterocycles. The molecule has 5 rings (SSSR count). The summed E-state index contributed by atoms with van der Waals surface area (Å²) in [6.07, 6.45) is 5.59. The second-order valence-corrected chi connectivity index (χ2v) is 8.47. The molecular formula is C23H16ClN7O2S. The third kappa shape index (κ3) is 4.07. The van der Waals surface area contributed by atoms with E-state index in [1.165, 1.54) is 18.9 Å². The van der Waals surface area contributed by atoms with Crippen LogP contribution in [0.1, 0.15) is 18.2 Å². The van der Waals surface area contributed by atoms with Crippen LogP contribution >= 0.6 is 23.4 Å². The summed E-state index contributed by atoms with van der Waals surface area (Å²) in [6.45, 7) is 1.99. The summed E-state index contributed by atoms with van der Waals surface area (Å²) in [6, 6.07) is 8.93. The van der Waals surface area contributed by atoms with Crippen LogP contribution in [0.5, 0.6) is 17.4 Å². The van der Waals surface area contributed by atoms with E-state index in [2.05, 4.69) is 36.0 Å². The van der Waals surface area contributed by atoms with E-state index in [-0.39, 0.29) is 5.88 Å². The van der Waals surface area contributed by atoms with Gasteiger partial charge in [0.25, 0.3) is 0 Å². The molecule has 34 heavy (non-hydrogen) atoms. The molecule has 0 saturated heterocycles. The number of ether oxygens (including phenoxy) is 2. The van der Waals surface area contributed by atoms with Crippen molar-refractivity contribution in [2.45, 2.75) is 23.4 Å². The molecule has 5 aromatic rings. The third-order valence-electron chi connectivity index (χ3n) is 4.98.